The molecule has 7 nitrogen and oxygen atoms in total. The van der Waals surface area contributed by atoms with Crippen molar-refractivity contribution < 1.29 is 18.8 Å². The maximum atomic E-state index is 12.2. The summed E-state index contributed by atoms with van der Waals surface area (Å²) in [5.41, 5.74) is 0.664. The highest BCUT2D eigenvalue weighted by molar-refractivity contribution is 6.33. The molecule has 27 heavy (non-hydrogen) atoms. The third kappa shape index (κ3) is 4.77. The van der Waals surface area contributed by atoms with Crippen LogP contribution < -0.4 is 14.8 Å². The predicted molar refractivity (Wildman–Crippen MR) is 99.7 cm³/mol. The van der Waals surface area contributed by atoms with Crippen molar-refractivity contribution in [2.24, 2.45) is 0 Å². The van der Waals surface area contributed by atoms with Crippen molar-refractivity contribution in [1.29, 1.82) is 0 Å². The molecule has 0 saturated carbocycles. The van der Waals surface area contributed by atoms with Crippen LogP contribution in [-0.2, 0) is 11.3 Å². The molecule has 0 aliphatic carbocycles. The summed E-state index contributed by atoms with van der Waals surface area (Å²) >= 11 is 6.12. The van der Waals surface area contributed by atoms with Gasteiger partial charge in [0.25, 0.3) is 5.91 Å². The van der Waals surface area contributed by atoms with Gasteiger partial charge in [0, 0.05) is 5.56 Å². The van der Waals surface area contributed by atoms with Gasteiger partial charge in [-0.25, -0.2) is 0 Å². The quantitative estimate of drug-likeness (QED) is 0.667. The first-order chi connectivity index (χ1) is 13.1. The van der Waals surface area contributed by atoms with E-state index in [9.17, 15) is 4.79 Å². The highest BCUT2D eigenvalue weighted by atomic mass is 35.5. The molecule has 2 aromatic carbocycles. The van der Waals surface area contributed by atoms with Crippen molar-refractivity contribution in [3.63, 3.8) is 0 Å². The fourth-order valence-corrected chi connectivity index (χ4v) is 2.52. The molecule has 0 aliphatic rings. The number of nitrogens with zero attached hydrogens (tertiary/aromatic N) is 2. The SMILES string of the molecule is COc1ccc(O[C@@H](C)C(=O)NCc2nc(-c3ccccc3Cl)no2)cc1. The second kappa shape index (κ2) is 8.55. The second-order valence-corrected chi connectivity index (χ2v) is 6.05. The number of amides is 1. The molecule has 3 rings (SSSR count). The van der Waals surface area contributed by atoms with Crippen molar-refractivity contribution in [1.82, 2.24) is 15.5 Å². The average molecular weight is 388 g/mol. The lowest BCUT2D eigenvalue weighted by molar-refractivity contribution is -0.127. The monoisotopic (exact) mass is 387 g/mol. The second-order valence-electron chi connectivity index (χ2n) is 5.64. The number of carbonyl (C=O) groups excluding carboxylic acids is 1. The van der Waals surface area contributed by atoms with Crippen LogP contribution in [0.3, 0.4) is 0 Å². The Morgan fingerprint density at radius 1 is 1.19 bits per heavy atom. The molecule has 1 heterocycles. The van der Waals surface area contributed by atoms with E-state index >= 15 is 0 Å². The highest BCUT2D eigenvalue weighted by Gasteiger charge is 2.17. The Morgan fingerprint density at radius 3 is 2.59 bits per heavy atom. The van der Waals surface area contributed by atoms with Crippen LogP contribution in [0.25, 0.3) is 11.4 Å². The van der Waals surface area contributed by atoms with Crippen LogP contribution in [0.5, 0.6) is 11.5 Å². The summed E-state index contributed by atoms with van der Waals surface area (Å²) in [6.45, 7) is 1.75. The number of nitrogens with one attached hydrogen (secondary N) is 1. The number of carbonyl (C=O) groups is 1. The minimum absolute atomic E-state index is 0.0899. The molecule has 0 aliphatic heterocycles. The molecular formula is C19H18ClN3O4. The molecule has 1 atom stereocenters. The molecule has 3 aromatic rings. The summed E-state index contributed by atoms with van der Waals surface area (Å²) in [7, 11) is 1.58. The molecule has 0 unspecified atom stereocenters. The number of hydrogen-bond donors (Lipinski definition) is 1. The van der Waals surface area contributed by atoms with Gasteiger partial charge in [-0.05, 0) is 43.3 Å². The van der Waals surface area contributed by atoms with Crippen LogP contribution in [0.1, 0.15) is 12.8 Å². The van der Waals surface area contributed by atoms with Gasteiger partial charge < -0.3 is 19.3 Å². The number of rotatable bonds is 7. The van der Waals surface area contributed by atoms with Crippen molar-refractivity contribution in [3.05, 3.63) is 59.4 Å². The van der Waals surface area contributed by atoms with E-state index in [1.807, 2.05) is 12.1 Å². The number of hydrogen-bond acceptors (Lipinski definition) is 6. The first-order valence-electron chi connectivity index (χ1n) is 8.22. The molecule has 0 spiro atoms. The molecule has 0 fully saturated rings. The first kappa shape index (κ1) is 18.7. The molecule has 8 heteroatoms. The van der Waals surface area contributed by atoms with Crippen LogP contribution >= 0.6 is 11.6 Å². The fourth-order valence-electron chi connectivity index (χ4n) is 2.30. The molecule has 140 valence electrons. The van der Waals surface area contributed by atoms with E-state index in [4.69, 9.17) is 25.6 Å². The zero-order valence-electron chi connectivity index (χ0n) is 14.8. The molecule has 0 bridgehead atoms. The average Bonchev–Trinajstić information content (AvgIpc) is 3.15. The Labute approximate surface area is 161 Å². The smallest absolute Gasteiger partial charge is 0.261 e. The molecule has 0 saturated heterocycles. The van der Waals surface area contributed by atoms with Gasteiger partial charge in [-0.3, -0.25) is 4.79 Å². The standard InChI is InChI=1S/C19H18ClN3O4/c1-12(26-14-9-7-13(25-2)8-10-14)19(24)21-11-17-22-18(23-27-17)15-5-3-4-6-16(15)20/h3-10,12H,11H2,1-2H3,(H,21,24)/t12-/m0/s1. The van der Waals surface area contributed by atoms with Gasteiger partial charge in [0.2, 0.25) is 11.7 Å². The Bertz CT molecular complexity index is 911. The summed E-state index contributed by atoms with van der Waals surface area (Å²) in [6.07, 6.45) is -0.690. The van der Waals surface area contributed by atoms with E-state index in [0.717, 1.165) is 0 Å². The zero-order chi connectivity index (χ0) is 19.2. The third-order valence-corrected chi connectivity index (χ3v) is 4.07. The van der Waals surface area contributed by atoms with Gasteiger partial charge in [0.05, 0.1) is 18.7 Å². The van der Waals surface area contributed by atoms with Crippen molar-refractivity contribution in [2.75, 3.05) is 7.11 Å². The molecule has 0 radical (unpaired) electrons. The largest absolute Gasteiger partial charge is 0.497 e. The fraction of sp³-hybridized carbons (Fsp3) is 0.211. The van der Waals surface area contributed by atoms with Gasteiger partial charge >= 0.3 is 0 Å². The van der Waals surface area contributed by atoms with Gasteiger partial charge in [-0.1, -0.05) is 28.9 Å². The summed E-state index contributed by atoms with van der Waals surface area (Å²) in [5.74, 6) is 1.62. The Kier molecular flexibility index (Phi) is 5.93. The van der Waals surface area contributed by atoms with Crippen molar-refractivity contribution in [2.45, 2.75) is 19.6 Å². The number of ether oxygens (including phenoxy) is 2. The normalized spacial score (nSPS) is 11.7. The number of benzene rings is 2. The molecule has 1 amide bonds. The van der Waals surface area contributed by atoms with E-state index in [1.165, 1.54) is 0 Å². The third-order valence-electron chi connectivity index (χ3n) is 3.74. The predicted octanol–water partition coefficient (Wildman–Crippen LogP) is 3.48. The summed E-state index contributed by atoms with van der Waals surface area (Å²) in [5, 5.41) is 7.12. The molecular weight excluding hydrogens is 370 g/mol. The maximum Gasteiger partial charge on any atom is 0.261 e. The summed E-state index contributed by atoms with van der Waals surface area (Å²) in [4.78, 5) is 16.4. The van der Waals surface area contributed by atoms with Crippen LogP contribution in [0.2, 0.25) is 5.02 Å². The first-order valence-corrected chi connectivity index (χ1v) is 8.60. The minimum Gasteiger partial charge on any atom is -0.497 e. The van der Waals surface area contributed by atoms with Crippen LogP contribution in [0.4, 0.5) is 0 Å². The number of halogens is 1. The maximum absolute atomic E-state index is 12.2. The van der Waals surface area contributed by atoms with Gasteiger partial charge in [0.1, 0.15) is 11.5 Å². The number of methoxy groups -OCH3 is 1. The van der Waals surface area contributed by atoms with Crippen LogP contribution in [0, 0.1) is 0 Å². The lowest BCUT2D eigenvalue weighted by atomic mass is 10.2. The Morgan fingerprint density at radius 2 is 1.89 bits per heavy atom. The lowest BCUT2D eigenvalue weighted by Crippen LogP contribution is -2.35. The topological polar surface area (TPSA) is 86.5 Å². The van der Waals surface area contributed by atoms with E-state index in [-0.39, 0.29) is 18.3 Å². The molecule has 1 N–H and O–H groups in total. The number of aromatic nitrogens is 2. The van der Waals surface area contributed by atoms with E-state index < -0.39 is 6.10 Å². The van der Waals surface area contributed by atoms with E-state index in [1.54, 1.807) is 50.4 Å². The van der Waals surface area contributed by atoms with E-state index in [0.29, 0.717) is 27.9 Å². The van der Waals surface area contributed by atoms with Crippen LogP contribution in [-0.4, -0.2) is 29.3 Å². The van der Waals surface area contributed by atoms with Crippen LogP contribution in [0.15, 0.2) is 53.1 Å². The highest BCUT2D eigenvalue weighted by Crippen LogP contribution is 2.24. The molecule has 1 aromatic heterocycles. The summed E-state index contributed by atoms with van der Waals surface area (Å²) in [6, 6.07) is 14.2. The summed E-state index contributed by atoms with van der Waals surface area (Å²) < 4.78 is 15.8. The van der Waals surface area contributed by atoms with Gasteiger partial charge in [-0.15, -0.1) is 0 Å². The van der Waals surface area contributed by atoms with E-state index in [2.05, 4.69) is 15.5 Å². The Balaban J connectivity index is 1.55. The van der Waals surface area contributed by atoms with Crippen molar-refractivity contribution in [3.8, 4) is 22.9 Å². The van der Waals surface area contributed by atoms with Gasteiger partial charge in [0.15, 0.2) is 6.10 Å². The van der Waals surface area contributed by atoms with Gasteiger partial charge in [-0.2, -0.15) is 4.98 Å². The van der Waals surface area contributed by atoms with Crippen molar-refractivity contribution >= 4 is 17.5 Å². The minimum atomic E-state index is -0.690. The zero-order valence-corrected chi connectivity index (χ0v) is 15.6. The lowest BCUT2D eigenvalue weighted by Gasteiger charge is -2.14. The Hall–Kier alpha value is -3.06.